The van der Waals surface area contributed by atoms with E-state index in [1.54, 1.807) is 0 Å². The van der Waals surface area contributed by atoms with Crippen LogP contribution >= 0.6 is 0 Å². The lowest BCUT2D eigenvalue weighted by atomic mass is 9.97. The molecule has 0 radical (unpaired) electrons. The molecule has 12 N–H and O–H groups in total. The lowest BCUT2D eigenvalue weighted by molar-refractivity contribution is -0.355. The molecule has 14 atom stereocenters. The lowest BCUT2D eigenvalue weighted by Crippen LogP contribution is -2.64. The first kappa shape index (κ1) is 31.1. The predicted octanol–water partition coefficient (Wildman–Crippen LogP) is -7.75. The van der Waals surface area contributed by atoms with Crippen molar-refractivity contribution in [3.05, 3.63) is 0 Å². The standard InChI is InChI=1S/C12H22O11.C6H12O5/c13-1-3-5(15)6(16)9(19)12(22-3)23-10-4(2-14)21-11(20)8(18)7(10)17;1-3(8)5(10)6(11)4(9)2-7/h3-20H,1-2H2;2-6,8-11H,1H3/t3-,4-,5+,6+,7-,8-,9-,10-,11?,12+;3-,4+,5+,6-/m10/s1. The number of hydrogen-bond donors (Lipinski definition) is 12. The molecule has 2 aliphatic rings. The van der Waals surface area contributed by atoms with Crippen molar-refractivity contribution in [2.24, 2.45) is 0 Å². The normalized spacial score (nSPS) is 42.0. The number of rotatable bonds is 8. The second-order valence-electron chi connectivity index (χ2n) is 7.88. The average molecular weight is 506 g/mol. The van der Waals surface area contributed by atoms with Gasteiger partial charge in [0.25, 0.3) is 0 Å². The number of carbonyl (C=O) groups excluding carboxylic acids is 1. The molecule has 0 aromatic carbocycles. The highest BCUT2D eigenvalue weighted by Crippen LogP contribution is 2.28. The Balaban J connectivity index is 0.000000445. The minimum Gasteiger partial charge on any atom is -0.394 e. The topological polar surface area (TPSA) is 288 Å². The van der Waals surface area contributed by atoms with Crippen LogP contribution in [-0.4, -0.2) is 167 Å². The van der Waals surface area contributed by atoms with Gasteiger partial charge in [0.15, 0.2) is 18.9 Å². The van der Waals surface area contributed by atoms with Crippen molar-refractivity contribution in [1.29, 1.82) is 0 Å². The summed E-state index contributed by atoms with van der Waals surface area (Å²) in [6.07, 6.45) is -21.4. The third kappa shape index (κ3) is 7.53. The second kappa shape index (κ2) is 14.0. The van der Waals surface area contributed by atoms with E-state index >= 15 is 0 Å². The zero-order valence-electron chi connectivity index (χ0n) is 18.1. The first-order valence-electron chi connectivity index (χ1n) is 10.3. The molecule has 2 rings (SSSR count). The summed E-state index contributed by atoms with van der Waals surface area (Å²) >= 11 is 0. The van der Waals surface area contributed by atoms with Gasteiger partial charge < -0.3 is 80.3 Å². The van der Waals surface area contributed by atoms with Gasteiger partial charge in [-0.25, -0.2) is 0 Å². The van der Waals surface area contributed by atoms with Crippen LogP contribution < -0.4 is 0 Å². The first-order valence-corrected chi connectivity index (χ1v) is 10.3. The van der Waals surface area contributed by atoms with Crippen molar-refractivity contribution in [1.82, 2.24) is 0 Å². The van der Waals surface area contributed by atoms with Gasteiger partial charge in [-0.2, -0.15) is 0 Å². The highest BCUT2D eigenvalue weighted by molar-refractivity contribution is 5.56. The predicted molar refractivity (Wildman–Crippen MR) is 104 cm³/mol. The van der Waals surface area contributed by atoms with Gasteiger partial charge in [-0.15, -0.1) is 0 Å². The maximum atomic E-state index is 9.94. The molecule has 0 bridgehead atoms. The van der Waals surface area contributed by atoms with Crippen LogP contribution in [0.25, 0.3) is 0 Å². The second-order valence-corrected chi connectivity index (χ2v) is 7.88. The van der Waals surface area contributed by atoms with Crippen LogP contribution in [0.2, 0.25) is 0 Å². The van der Waals surface area contributed by atoms with E-state index in [2.05, 4.69) is 0 Å². The van der Waals surface area contributed by atoms with Crippen LogP contribution in [0.15, 0.2) is 0 Å². The molecule has 0 aliphatic carbocycles. The van der Waals surface area contributed by atoms with Crippen molar-refractivity contribution >= 4 is 6.29 Å². The van der Waals surface area contributed by atoms with Gasteiger partial charge in [0.05, 0.1) is 19.3 Å². The molecule has 0 saturated carbocycles. The van der Waals surface area contributed by atoms with Crippen molar-refractivity contribution < 1.29 is 80.3 Å². The fourth-order valence-corrected chi connectivity index (χ4v) is 3.14. The minimum atomic E-state index is -1.74. The van der Waals surface area contributed by atoms with Crippen LogP contribution in [-0.2, 0) is 19.0 Å². The molecule has 2 heterocycles. The van der Waals surface area contributed by atoms with E-state index in [1.807, 2.05) is 0 Å². The quantitative estimate of drug-likeness (QED) is 0.136. The molecule has 0 spiro atoms. The number of aliphatic hydroxyl groups is 12. The van der Waals surface area contributed by atoms with Crippen LogP contribution in [0.3, 0.4) is 0 Å². The highest BCUT2D eigenvalue weighted by atomic mass is 16.7. The smallest absolute Gasteiger partial charge is 0.187 e. The summed E-state index contributed by atoms with van der Waals surface area (Å²) in [6.45, 7) is -0.104. The van der Waals surface area contributed by atoms with Crippen LogP contribution in [0.5, 0.6) is 0 Å². The van der Waals surface area contributed by atoms with E-state index in [9.17, 15) is 40.5 Å². The summed E-state index contributed by atoms with van der Waals surface area (Å²) in [7, 11) is 0. The molecular formula is C18H34O16. The van der Waals surface area contributed by atoms with E-state index < -0.39 is 99.0 Å². The molecule has 0 amide bonds. The Labute approximate surface area is 193 Å². The van der Waals surface area contributed by atoms with E-state index in [0.717, 1.165) is 0 Å². The number of ether oxygens (including phenoxy) is 3. The third-order valence-electron chi connectivity index (χ3n) is 5.31. The van der Waals surface area contributed by atoms with Crippen molar-refractivity contribution in [2.75, 3.05) is 13.2 Å². The molecule has 2 saturated heterocycles. The highest BCUT2D eigenvalue weighted by Gasteiger charge is 2.50. The first-order chi connectivity index (χ1) is 15.8. The Morgan fingerprint density at radius 2 is 1.32 bits per heavy atom. The Hall–Kier alpha value is -0.930. The number of aldehydes is 1. The van der Waals surface area contributed by atoms with E-state index in [4.69, 9.17) is 39.7 Å². The van der Waals surface area contributed by atoms with Gasteiger partial charge in [-0.05, 0) is 6.92 Å². The number of carbonyl (C=O) groups is 1. The van der Waals surface area contributed by atoms with Crippen molar-refractivity contribution in [3.8, 4) is 0 Å². The summed E-state index contributed by atoms with van der Waals surface area (Å²) in [4.78, 5) is 9.87. The largest absolute Gasteiger partial charge is 0.394 e. The number of hydrogen-bond acceptors (Lipinski definition) is 16. The fourth-order valence-electron chi connectivity index (χ4n) is 3.14. The molecule has 16 heteroatoms. The maximum absolute atomic E-state index is 9.94. The molecule has 0 aromatic rings. The Morgan fingerprint density at radius 3 is 1.79 bits per heavy atom. The van der Waals surface area contributed by atoms with Crippen molar-refractivity contribution in [2.45, 2.75) is 92.8 Å². The summed E-state index contributed by atoms with van der Waals surface area (Å²) in [6, 6.07) is 0. The molecule has 2 fully saturated rings. The van der Waals surface area contributed by atoms with Crippen molar-refractivity contribution in [3.63, 3.8) is 0 Å². The van der Waals surface area contributed by atoms with Crippen LogP contribution in [0.4, 0.5) is 0 Å². The SMILES string of the molecule is C[C@H](O)[C@@H](O)[C@@H](O)[C@H](O)C=O.OC[C@H]1O[C@@H](O[C@H]2[C@H](O)[C@@H](O)C(O)O[C@@H]2CO)[C@H](O)[C@@H](O)[C@H]1O. The Bertz CT molecular complexity index is 590. The lowest BCUT2D eigenvalue weighted by Gasteiger charge is -2.45. The van der Waals surface area contributed by atoms with Gasteiger partial charge in [-0.1, -0.05) is 0 Å². The third-order valence-corrected chi connectivity index (χ3v) is 5.31. The van der Waals surface area contributed by atoms with Crippen LogP contribution in [0.1, 0.15) is 6.92 Å². The van der Waals surface area contributed by atoms with E-state index in [-0.39, 0.29) is 6.29 Å². The Kier molecular flexibility index (Phi) is 12.8. The molecule has 202 valence electrons. The maximum Gasteiger partial charge on any atom is 0.187 e. The minimum absolute atomic E-state index is 0.0935. The Morgan fingerprint density at radius 1 is 0.765 bits per heavy atom. The molecule has 1 unspecified atom stereocenters. The van der Waals surface area contributed by atoms with E-state index in [1.165, 1.54) is 6.92 Å². The summed E-state index contributed by atoms with van der Waals surface area (Å²) < 4.78 is 15.3. The van der Waals surface area contributed by atoms with E-state index in [0.29, 0.717) is 0 Å². The summed E-state index contributed by atoms with van der Waals surface area (Å²) in [5.74, 6) is 0. The monoisotopic (exact) mass is 506 g/mol. The zero-order valence-corrected chi connectivity index (χ0v) is 18.1. The molecule has 34 heavy (non-hydrogen) atoms. The van der Waals surface area contributed by atoms with Crippen LogP contribution in [0, 0.1) is 0 Å². The number of aliphatic hydroxyl groups excluding tert-OH is 12. The van der Waals surface area contributed by atoms with Gasteiger partial charge in [0, 0.05) is 0 Å². The average Bonchev–Trinajstić information content (AvgIpc) is 2.82. The van der Waals surface area contributed by atoms with Gasteiger partial charge in [0.1, 0.15) is 67.1 Å². The molecule has 16 nitrogen and oxygen atoms in total. The summed E-state index contributed by atoms with van der Waals surface area (Å²) in [5.41, 5.74) is 0. The zero-order chi connectivity index (χ0) is 26.3. The molecule has 2 aliphatic heterocycles. The van der Waals surface area contributed by atoms with Gasteiger partial charge in [0.2, 0.25) is 0 Å². The summed E-state index contributed by atoms with van der Waals surface area (Å²) in [5, 5.41) is 112. The fraction of sp³-hybridized carbons (Fsp3) is 0.944. The van der Waals surface area contributed by atoms with Gasteiger partial charge >= 0.3 is 0 Å². The molecular weight excluding hydrogens is 472 g/mol. The molecule has 0 aromatic heterocycles. The van der Waals surface area contributed by atoms with Gasteiger partial charge in [-0.3, -0.25) is 0 Å².